The van der Waals surface area contributed by atoms with Crippen molar-refractivity contribution in [2.24, 2.45) is 0 Å². The standard InChI is InChI=1S/C5H5BrN2.C2H6/c6-4-2-1-3-5(7)8-4;1-2/h1-3H,(H2,7,8);1-2H3. The van der Waals surface area contributed by atoms with Crippen molar-refractivity contribution in [2.45, 2.75) is 13.8 Å². The molecule has 0 aliphatic carbocycles. The van der Waals surface area contributed by atoms with Gasteiger partial charge in [0.1, 0.15) is 10.4 Å². The number of rotatable bonds is 0. The molecule has 0 amide bonds. The molecule has 1 aromatic rings. The molecule has 0 bridgehead atoms. The highest BCUT2D eigenvalue weighted by atomic mass is 79.9. The van der Waals surface area contributed by atoms with E-state index >= 15 is 0 Å². The zero-order valence-electron chi connectivity index (χ0n) is 6.13. The minimum absolute atomic E-state index is 0.541. The van der Waals surface area contributed by atoms with Crippen LogP contribution in [0.4, 0.5) is 5.82 Å². The molecule has 0 atom stereocenters. The van der Waals surface area contributed by atoms with E-state index in [4.69, 9.17) is 5.73 Å². The lowest BCUT2D eigenvalue weighted by Crippen LogP contribution is -1.87. The molecule has 0 unspecified atom stereocenters. The zero-order chi connectivity index (χ0) is 7.98. The maximum atomic E-state index is 5.32. The summed E-state index contributed by atoms with van der Waals surface area (Å²) in [5.41, 5.74) is 5.32. The Labute approximate surface area is 69.6 Å². The van der Waals surface area contributed by atoms with Gasteiger partial charge in [-0.05, 0) is 28.1 Å². The number of hydrogen-bond donors (Lipinski definition) is 1. The number of hydrogen-bond acceptors (Lipinski definition) is 2. The van der Waals surface area contributed by atoms with Gasteiger partial charge >= 0.3 is 0 Å². The van der Waals surface area contributed by atoms with E-state index in [1.807, 2.05) is 26.0 Å². The van der Waals surface area contributed by atoms with Crippen molar-refractivity contribution < 1.29 is 0 Å². The Kier molecular flexibility index (Phi) is 4.94. The average molecular weight is 203 g/mol. The van der Waals surface area contributed by atoms with Crippen LogP contribution >= 0.6 is 15.9 Å². The van der Waals surface area contributed by atoms with Gasteiger partial charge in [0, 0.05) is 0 Å². The lowest BCUT2D eigenvalue weighted by Gasteiger charge is -1.88. The van der Waals surface area contributed by atoms with Crippen LogP contribution in [0.2, 0.25) is 0 Å². The van der Waals surface area contributed by atoms with Gasteiger partial charge in [0.05, 0.1) is 0 Å². The van der Waals surface area contributed by atoms with Gasteiger partial charge in [-0.1, -0.05) is 19.9 Å². The molecular weight excluding hydrogens is 192 g/mol. The molecule has 3 heteroatoms. The highest BCUT2D eigenvalue weighted by Crippen LogP contribution is 2.05. The third kappa shape index (κ3) is 3.45. The van der Waals surface area contributed by atoms with Crippen LogP contribution in [-0.2, 0) is 0 Å². The van der Waals surface area contributed by atoms with Gasteiger partial charge in [-0.2, -0.15) is 0 Å². The van der Waals surface area contributed by atoms with Crippen LogP contribution in [0.5, 0.6) is 0 Å². The van der Waals surface area contributed by atoms with Crippen molar-refractivity contribution in [1.82, 2.24) is 4.98 Å². The van der Waals surface area contributed by atoms with Crippen molar-refractivity contribution in [3.05, 3.63) is 22.8 Å². The Morgan fingerprint density at radius 1 is 1.40 bits per heavy atom. The fraction of sp³-hybridized carbons (Fsp3) is 0.286. The van der Waals surface area contributed by atoms with E-state index in [2.05, 4.69) is 20.9 Å². The molecule has 1 heterocycles. The first-order valence-electron chi connectivity index (χ1n) is 3.17. The maximum absolute atomic E-state index is 5.32. The molecule has 2 N–H and O–H groups in total. The van der Waals surface area contributed by atoms with Gasteiger partial charge in [-0.25, -0.2) is 4.98 Å². The SMILES string of the molecule is CC.Nc1cccc(Br)n1. The highest BCUT2D eigenvalue weighted by molar-refractivity contribution is 9.10. The molecule has 0 aromatic carbocycles. The molecule has 0 fully saturated rings. The average Bonchev–Trinajstić information content (AvgIpc) is 1.91. The van der Waals surface area contributed by atoms with Crippen LogP contribution in [0.25, 0.3) is 0 Å². The second-order valence-electron chi connectivity index (χ2n) is 1.39. The summed E-state index contributed by atoms with van der Waals surface area (Å²) >= 11 is 3.17. The summed E-state index contributed by atoms with van der Waals surface area (Å²) in [5, 5.41) is 0. The summed E-state index contributed by atoms with van der Waals surface area (Å²) in [5.74, 6) is 0.541. The smallest absolute Gasteiger partial charge is 0.124 e. The molecular formula is C7H11BrN2. The Bertz CT molecular complexity index is 171. The molecule has 0 aliphatic rings. The first-order valence-corrected chi connectivity index (χ1v) is 3.96. The van der Waals surface area contributed by atoms with Crippen molar-refractivity contribution in [2.75, 3.05) is 5.73 Å². The summed E-state index contributed by atoms with van der Waals surface area (Å²) in [6.07, 6.45) is 0. The van der Waals surface area contributed by atoms with Crippen LogP contribution in [0.1, 0.15) is 13.8 Å². The third-order valence-electron chi connectivity index (χ3n) is 0.737. The number of nitrogens with two attached hydrogens (primary N) is 1. The highest BCUT2D eigenvalue weighted by Gasteiger charge is 1.84. The second-order valence-corrected chi connectivity index (χ2v) is 2.20. The molecule has 0 spiro atoms. The number of pyridine rings is 1. The molecule has 0 radical (unpaired) electrons. The van der Waals surface area contributed by atoms with Gasteiger partial charge in [0.2, 0.25) is 0 Å². The van der Waals surface area contributed by atoms with E-state index in [-0.39, 0.29) is 0 Å². The minimum Gasteiger partial charge on any atom is -0.384 e. The molecule has 10 heavy (non-hydrogen) atoms. The Balaban J connectivity index is 0.000000371. The predicted octanol–water partition coefficient (Wildman–Crippen LogP) is 2.45. The van der Waals surface area contributed by atoms with Gasteiger partial charge in [0.15, 0.2) is 0 Å². The van der Waals surface area contributed by atoms with Crippen LogP contribution in [0, 0.1) is 0 Å². The van der Waals surface area contributed by atoms with E-state index in [9.17, 15) is 0 Å². The first-order chi connectivity index (χ1) is 4.79. The van der Waals surface area contributed by atoms with Crippen LogP contribution in [0.15, 0.2) is 22.8 Å². The molecule has 1 rings (SSSR count). The summed E-state index contributed by atoms with van der Waals surface area (Å²) in [6.45, 7) is 4.00. The van der Waals surface area contributed by atoms with Gasteiger partial charge in [0.25, 0.3) is 0 Å². The Morgan fingerprint density at radius 2 is 2.00 bits per heavy atom. The van der Waals surface area contributed by atoms with Crippen molar-refractivity contribution in [3.8, 4) is 0 Å². The quantitative estimate of drug-likeness (QED) is 0.657. The topological polar surface area (TPSA) is 38.9 Å². The first kappa shape index (κ1) is 9.43. The van der Waals surface area contributed by atoms with Crippen molar-refractivity contribution in [1.29, 1.82) is 0 Å². The largest absolute Gasteiger partial charge is 0.384 e. The monoisotopic (exact) mass is 202 g/mol. The maximum Gasteiger partial charge on any atom is 0.124 e. The molecule has 0 aliphatic heterocycles. The van der Waals surface area contributed by atoms with Gasteiger partial charge in [-0.15, -0.1) is 0 Å². The lowest BCUT2D eigenvalue weighted by atomic mass is 10.5. The second kappa shape index (κ2) is 5.23. The molecule has 0 saturated carbocycles. The summed E-state index contributed by atoms with van der Waals surface area (Å²) in [4.78, 5) is 3.87. The van der Waals surface area contributed by atoms with Gasteiger partial charge < -0.3 is 5.73 Å². The normalized spacial score (nSPS) is 7.90. The lowest BCUT2D eigenvalue weighted by molar-refractivity contribution is 1.29. The molecule has 1 aromatic heterocycles. The Morgan fingerprint density at radius 3 is 2.30 bits per heavy atom. The summed E-state index contributed by atoms with van der Waals surface area (Å²) in [7, 11) is 0. The molecule has 2 nitrogen and oxygen atoms in total. The predicted molar refractivity (Wildman–Crippen MR) is 47.7 cm³/mol. The third-order valence-corrected chi connectivity index (χ3v) is 1.18. The van der Waals surface area contributed by atoms with E-state index in [0.29, 0.717) is 5.82 Å². The zero-order valence-corrected chi connectivity index (χ0v) is 7.72. The van der Waals surface area contributed by atoms with E-state index < -0.39 is 0 Å². The minimum atomic E-state index is 0.541. The van der Waals surface area contributed by atoms with Crippen LogP contribution < -0.4 is 5.73 Å². The summed E-state index contributed by atoms with van der Waals surface area (Å²) < 4.78 is 0.775. The van der Waals surface area contributed by atoms with Crippen LogP contribution in [-0.4, -0.2) is 4.98 Å². The van der Waals surface area contributed by atoms with E-state index in [1.54, 1.807) is 6.07 Å². The van der Waals surface area contributed by atoms with E-state index in [0.717, 1.165) is 4.60 Å². The molecule has 56 valence electrons. The van der Waals surface area contributed by atoms with Crippen molar-refractivity contribution >= 4 is 21.7 Å². The number of anilines is 1. The number of aromatic nitrogens is 1. The van der Waals surface area contributed by atoms with Crippen LogP contribution in [0.3, 0.4) is 0 Å². The van der Waals surface area contributed by atoms with E-state index in [1.165, 1.54) is 0 Å². The fourth-order valence-electron chi connectivity index (χ4n) is 0.424. The van der Waals surface area contributed by atoms with Crippen molar-refractivity contribution in [3.63, 3.8) is 0 Å². The summed E-state index contributed by atoms with van der Waals surface area (Å²) in [6, 6.07) is 5.41. The number of halogens is 1. The Hall–Kier alpha value is -0.570. The van der Waals surface area contributed by atoms with Gasteiger partial charge in [-0.3, -0.25) is 0 Å². The molecule has 0 saturated heterocycles. The number of nitrogen functional groups attached to an aromatic ring is 1. The number of nitrogens with zero attached hydrogens (tertiary/aromatic N) is 1. The fourth-order valence-corrected chi connectivity index (χ4v) is 0.781.